The Hall–Kier alpha value is -2.90. The van der Waals surface area contributed by atoms with Crippen LogP contribution in [0.1, 0.15) is 40.7 Å². The van der Waals surface area contributed by atoms with Crippen LogP contribution in [-0.4, -0.2) is 11.7 Å². The lowest BCUT2D eigenvalue weighted by Gasteiger charge is -2.37. The van der Waals surface area contributed by atoms with Crippen LogP contribution in [0.2, 0.25) is 0 Å². The van der Waals surface area contributed by atoms with Crippen molar-refractivity contribution in [3.05, 3.63) is 119 Å². The normalized spacial score (nSPS) is 22.9. The average Bonchev–Trinajstić information content (AvgIpc) is 3.07. The van der Waals surface area contributed by atoms with Gasteiger partial charge in [-0.2, -0.15) is 0 Å². The summed E-state index contributed by atoms with van der Waals surface area (Å²) in [5.41, 5.74) is 9.18. The van der Waals surface area contributed by atoms with Crippen LogP contribution in [0.4, 0.5) is 0 Å². The zero-order valence-corrected chi connectivity index (χ0v) is 16.8. The Kier molecular flexibility index (Phi) is 4.49. The largest absolute Gasteiger partial charge is 0.396 e. The van der Waals surface area contributed by atoms with Crippen molar-refractivity contribution in [3.8, 4) is 0 Å². The Morgan fingerprint density at radius 3 is 2.28 bits per heavy atom. The molecule has 0 amide bonds. The number of aliphatic hydroxyl groups excluding tert-OH is 1. The van der Waals surface area contributed by atoms with Crippen molar-refractivity contribution in [2.45, 2.75) is 25.2 Å². The molecule has 29 heavy (non-hydrogen) atoms. The third-order valence-electron chi connectivity index (χ3n) is 6.46. The van der Waals surface area contributed by atoms with Gasteiger partial charge < -0.3 is 5.11 Å². The highest BCUT2D eigenvalue weighted by Crippen LogP contribution is 2.53. The predicted molar refractivity (Wildman–Crippen MR) is 121 cm³/mol. The molecule has 1 heteroatoms. The molecule has 0 saturated heterocycles. The Balaban J connectivity index is 1.68. The van der Waals surface area contributed by atoms with Crippen molar-refractivity contribution in [1.82, 2.24) is 0 Å². The molecule has 0 aliphatic heterocycles. The van der Waals surface area contributed by atoms with E-state index in [4.69, 9.17) is 0 Å². The van der Waals surface area contributed by atoms with E-state index >= 15 is 0 Å². The number of hydrogen-bond acceptors (Lipinski definition) is 1. The Morgan fingerprint density at radius 2 is 1.59 bits per heavy atom. The van der Waals surface area contributed by atoms with Gasteiger partial charge in [0.15, 0.2) is 0 Å². The van der Waals surface area contributed by atoms with Gasteiger partial charge in [-0.1, -0.05) is 96.6 Å². The molecule has 0 bridgehead atoms. The van der Waals surface area contributed by atoms with Crippen LogP contribution in [0, 0.1) is 12.8 Å². The first kappa shape index (κ1) is 18.1. The molecule has 2 aliphatic rings. The maximum absolute atomic E-state index is 10.1. The number of rotatable bonds is 3. The van der Waals surface area contributed by atoms with Crippen LogP contribution < -0.4 is 0 Å². The van der Waals surface area contributed by atoms with Gasteiger partial charge in [-0.15, -0.1) is 0 Å². The summed E-state index contributed by atoms with van der Waals surface area (Å²) in [7, 11) is 0. The molecule has 144 valence electrons. The standard InChI is InChI=1S/C28H26O/c1-20-12-13-27-25(14-20)26(23-10-6-3-7-11-23)18-28(27)16-21(19-29)15-24(17-28)22-8-4-2-5-9-22/h2-15,18,21,29H,16-17,19H2,1H3/t21-,28+/m0/s1. The second-order valence-corrected chi connectivity index (χ2v) is 8.51. The minimum Gasteiger partial charge on any atom is -0.396 e. The van der Waals surface area contributed by atoms with E-state index in [2.05, 4.69) is 97.9 Å². The second-order valence-electron chi connectivity index (χ2n) is 8.51. The van der Waals surface area contributed by atoms with Gasteiger partial charge in [-0.3, -0.25) is 0 Å². The molecule has 3 aromatic carbocycles. The predicted octanol–water partition coefficient (Wildman–Crippen LogP) is 6.16. The molecule has 1 spiro atoms. The number of benzene rings is 3. The lowest BCUT2D eigenvalue weighted by Crippen LogP contribution is -2.30. The van der Waals surface area contributed by atoms with Crippen molar-refractivity contribution in [1.29, 1.82) is 0 Å². The molecule has 1 N–H and O–H groups in total. The Bertz CT molecular complexity index is 1090. The molecule has 0 aromatic heterocycles. The van der Waals surface area contributed by atoms with E-state index in [1.807, 2.05) is 0 Å². The van der Waals surface area contributed by atoms with Crippen LogP contribution in [0.5, 0.6) is 0 Å². The highest BCUT2D eigenvalue weighted by Gasteiger charge is 2.42. The van der Waals surface area contributed by atoms with Crippen LogP contribution in [0.3, 0.4) is 0 Å². The van der Waals surface area contributed by atoms with Gasteiger partial charge in [0.05, 0.1) is 0 Å². The summed E-state index contributed by atoms with van der Waals surface area (Å²) in [4.78, 5) is 0. The number of aryl methyl sites for hydroxylation is 1. The van der Waals surface area contributed by atoms with Crippen molar-refractivity contribution in [3.63, 3.8) is 0 Å². The smallest absolute Gasteiger partial charge is 0.0494 e. The van der Waals surface area contributed by atoms with E-state index in [9.17, 15) is 5.11 Å². The molecule has 5 rings (SSSR count). The second kappa shape index (κ2) is 7.17. The molecule has 0 radical (unpaired) electrons. The van der Waals surface area contributed by atoms with Crippen molar-refractivity contribution < 1.29 is 5.11 Å². The summed E-state index contributed by atoms with van der Waals surface area (Å²) in [6.45, 7) is 2.36. The lowest BCUT2D eigenvalue weighted by molar-refractivity contribution is 0.224. The fraction of sp³-hybridized carbons (Fsp3) is 0.214. The molecule has 0 heterocycles. The highest BCUT2D eigenvalue weighted by atomic mass is 16.3. The summed E-state index contributed by atoms with van der Waals surface area (Å²) in [5.74, 6) is 0.166. The topological polar surface area (TPSA) is 20.2 Å². The summed E-state index contributed by atoms with van der Waals surface area (Å²) in [6, 6.07) is 28.2. The molecule has 0 saturated carbocycles. The van der Waals surface area contributed by atoms with Crippen LogP contribution in [-0.2, 0) is 5.41 Å². The van der Waals surface area contributed by atoms with Gasteiger partial charge >= 0.3 is 0 Å². The average molecular weight is 379 g/mol. The van der Waals surface area contributed by atoms with Gasteiger partial charge in [-0.25, -0.2) is 0 Å². The first-order valence-electron chi connectivity index (χ1n) is 10.5. The number of hydrogen-bond donors (Lipinski definition) is 1. The van der Waals surface area contributed by atoms with E-state index in [1.165, 1.54) is 39.0 Å². The minimum atomic E-state index is -0.0679. The summed E-state index contributed by atoms with van der Waals surface area (Å²) in [6.07, 6.45) is 6.71. The molecular weight excluding hydrogens is 352 g/mol. The van der Waals surface area contributed by atoms with Gasteiger partial charge in [0.1, 0.15) is 0 Å². The van der Waals surface area contributed by atoms with Crippen molar-refractivity contribution in [2.75, 3.05) is 6.61 Å². The minimum absolute atomic E-state index is 0.0679. The first-order valence-corrected chi connectivity index (χ1v) is 10.5. The number of fused-ring (bicyclic) bond motifs is 2. The van der Waals surface area contributed by atoms with Crippen molar-refractivity contribution in [2.24, 2.45) is 5.92 Å². The van der Waals surface area contributed by atoms with Crippen LogP contribution in [0.15, 0.2) is 91.0 Å². The zero-order chi connectivity index (χ0) is 19.8. The monoisotopic (exact) mass is 378 g/mol. The number of aliphatic hydroxyl groups is 1. The fourth-order valence-corrected chi connectivity index (χ4v) is 5.17. The van der Waals surface area contributed by atoms with Gasteiger partial charge in [0, 0.05) is 17.9 Å². The lowest BCUT2D eigenvalue weighted by atomic mass is 9.66. The third-order valence-corrected chi connectivity index (χ3v) is 6.46. The van der Waals surface area contributed by atoms with E-state index in [0.717, 1.165) is 12.8 Å². The molecular formula is C28H26O. The molecule has 1 nitrogen and oxygen atoms in total. The maximum atomic E-state index is 10.1. The van der Waals surface area contributed by atoms with Gasteiger partial charge in [0.25, 0.3) is 0 Å². The first-order chi connectivity index (χ1) is 14.2. The quantitative estimate of drug-likeness (QED) is 0.578. The molecule has 0 unspecified atom stereocenters. The third kappa shape index (κ3) is 3.16. The summed E-state index contributed by atoms with van der Waals surface area (Å²) >= 11 is 0. The Morgan fingerprint density at radius 1 is 0.897 bits per heavy atom. The fourth-order valence-electron chi connectivity index (χ4n) is 5.17. The van der Waals surface area contributed by atoms with Gasteiger partial charge in [-0.05, 0) is 53.2 Å². The molecule has 2 atom stereocenters. The Labute approximate surface area is 173 Å². The zero-order valence-electron chi connectivity index (χ0n) is 16.8. The summed E-state index contributed by atoms with van der Waals surface area (Å²) in [5, 5.41) is 10.1. The molecule has 3 aromatic rings. The summed E-state index contributed by atoms with van der Waals surface area (Å²) < 4.78 is 0. The highest BCUT2D eigenvalue weighted by molar-refractivity contribution is 5.88. The van der Waals surface area contributed by atoms with Gasteiger partial charge in [0.2, 0.25) is 0 Å². The maximum Gasteiger partial charge on any atom is 0.0494 e. The van der Waals surface area contributed by atoms with E-state index < -0.39 is 0 Å². The molecule has 0 fully saturated rings. The van der Waals surface area contributed by atoms with E-state index in [0.29, 0.717) is 0 Å². The van der Waals surface area contributed by atoms with Crippen molar-refractivity contribution >= 4 is 11.1 Å². The SMILES string of the molecule is Cc1ccc2c(c1)C(c1ccccc1)=C[C@@]21CC(c2ccccc2)=C[C@H](CO)C1. The van der Waals surface area contributed by atoms with Crippen LogP contribution >= 0.6 is 0 Å². The van der Waals surface area contributed by atoms with E-state index in [1.54, 1.807) is 0 Å². The van der Waals surface area contributed by atoms with Crippen LogP contribution in [0.25, 0.3) is 11.1 Å². The van der Waals surface area contributed by atoms with E-state index in [-0.39, 0.29) is 17.9 Å². The molecule has 2 aliphatic carbocycles. The number of allylic oxidation sites excluding steroid dienone is 2.